The van der Waals surface area contributed by atoms with Crippen LogP contribution in [0.25, 0.3) is 0 Å². The first kappa shape index (κ1) is 13.5. The third-order valence-electron chi connectivity index (χ3n) is 4.08. The van der Waals surface area contributed by atoms with Gasteiger partial charge in [0.15, 0.2) is 0 Å². The molecule has 7 nitrogen and oxygen atoms in total. The second-order valence-electron chi connectivity index (χ2n) is 5.23. The molecule has 108 valence electrons. The molecule has 0 aromatic carbocycles. The number of nitrogens with zero attached hydrogens (tertiary/aromatic N) is 5. The van der Waals surface area contributed by atoms with Crippen molar-refractivity contribution >= 4 is 23.1 Å². The minimum atomic E-state index is -0.495. The molecule has 0 spiro atoms. The molecule has 3 heterocycles. The second kappa shape index (κ2) is 5.49. The van der Waals surface area contributed by atoms with E-state index in [-0.39, 0.29) is 10.8 Å². The van der Waals surface area contributed by atoms with Crippen LogP contribution in [0.4, 0.5) is 11.5 Å². The van der Waals surface area contributed by atoms with E-state index in [1.165, 1.54) is 19.2 Å². The molecule has 2 aliphatic heterocycles. The van der Waals surface area contributed by atoms with Gasteiger partial charge in [-0.15, -0.1) is 0 Å². The van der Waals surface area contributed by atoms with Gasteiger partial charge in [-0.3, -0.25) is 15.0 Å². The lowest BCUT2D eigenvalue weighted by molar-refractivity contribution is -0.384. The molecule has 3 rings (SSSR count). The summed E-state index contributed by atoms with van der Waals surface area (Å²) in [5.74, 6) is 0.347. The standard InChI is InChI=1S/C12H16ClN5O2/c13-11-10(18(19)20)12(15-8-14-11)17-6-5-16-4-2-1-3-9(16)7-17/h8-9H,1-7H2. The lowest BCUT2D eigenvalue weighted by Crippen LogP contribution is -2.55. The maximum Gasteiger partial charge on any atom is 0.348 e. The summed E-state index contributed by atoms with van der Waals surface area (Å²) in [6.45, 7) is 3.56. The number of piperazine rings is 1. The van der Waals surface area contributed by atoms with Crippen LogP contribution in [0.2, 0.25) is 5.15 Å². The minimum absolute atomic E-state index is 0.0916. The van der Waals surface area contributed by atoms with E-state index in [0.29, 0.717) is 11.9 Å². The van der Waals surface area contributed by atoms with Gasteiger partial charge >= 0.3 is 5.69 Å². The highest BCUT2D eigenvalue weighted by Crippen LogP contribution is 2.33. The average Bonchev–Trinajstić information content (AvgIpc) is 2.46. The normalized spacial score (nSPS) is 23.4. The van der Waals surface area contributed by atoms with Crippen molar-refractivity contribution in [1.29, 1.82) is 0 Å². The SMILES string of the molecule is O=[N+]([O-])c1c(Cl)ncnc1N1CCN2CCCCC2C1. The van der Waals surface area contributed by atoms with E-state index in [2.05, 4.69) is 14.9 Å². The van der Waals surface area contributed by atoms with Crippen LogP contribution in [0, 0.1) is 10.1 Å². The van der Waals surface area contributed by atoms with Crippen molar-refractivity contribution in [1.82, 2.24) is 14.9 Å². The van der Waals surface area contributed by atoms with Crippen LogP contribution in [-0.2, 0) is 0 Å². The summed E-state index contributed by atoms with van der Waals surface area (Å²) in [4.78, 5) is 22.9. The van der Waals surface area contributed by atoms with E-state index in [4.69, 9.17) is 11.6 Å². The van der Waals surface area contributed by atoms with Crippen molar-refractivity contribution in [3.05, 3.63) is 21.6 Å². The van der Waals surface area contributed by atoms with E-state index in [1.54, 1.807) is 0 Å². The molecule has 1 aromatic heterocycles. The van der Waals surface area contributed by atoms with Gasteiger partial charge in [-0.2, -0.15) is 0 Å². The summed E-state index contributed by atoms with van der Waals surface area (Å²) in [5, 5.41) is 11.1. The van der Waals surface area contributed by atoms with E-state index < -0.39 is 4.92 Å². The molecular weight excluding hydrogens is 282 g/mol. The number of rotatable bonds is 2. The molecule has 1 atom stereocenters. The number of anilines is 1. The Morgan fingerprint density at radius 1 is 1.30 bits per heavy atom. The Hall–Kier alpha value is -1.47. The fourth-order valence-electron chi connectivity index (χ4n) is 3.09. The molecule has 1 aromatic rings. The first-order valence-corrected chi connectivity index (χ1v) is 7.18. The van der Waals surface area contributed by atoms with Gasteiger partial charge in [0, 0.05) is 25.7 Å². The molecule has 0 N–H and O–H groups in total. The van der Waals surface area contributed by atoms with Crippen LogP contribution in [0.15, 0.2) is 6.33 Å². The Kier molecular flexibility index (Phi) is 3.71. The average molecular weight is 298 g/mol. The summed E-state index contributed by atoms with van der Waals surface area (Å²) >= 11 is 5.85. The smallest absolute Gasteiger partial charge is 0.348 e. The molecule has 0 radical (unpaired) electrons. The highest BCUT2D eigenvalue weighted by atomic mass is 35.5. The lowest BCUT2D eigenvalue weighted by Gasteiger charge is -2.44. The van der Waals surface area contributed by atoms with Crippen LogP contribution in [0.5, 0.6) is 0 Å². The first-order chi connectivity index (χ1) is 9.66. The second-order valence-corrected chi connectivity index (χ2v) is 5.58. The van der Waals surface area contributed by atoms with Gasteiger partial charge in [-0.25, -0.2) is 9.97 Å². The highest BCUT2D eigenvalue weighted by molar-refractivity contribution is 6.31. The monoisotopic (exact) mass is 297 g/mol. The van der Waals surface area contributed by atoms with Gasteiger partial charge in [0.2, 0.25) is 11.0 Å². The molecule has 2 saturated heterocycles. The number of aromatic nitrogens is 2. The molecule has 2 aliphatic rings. The predicted octanol–water partition coefficient (Wildman–Crippen LogP) is 1.71. The van der Waals surface area contributed by atoms with Gasteiger partial charge in [0.1, 0.15) is 6.33 Å². The fourth-order valence-corrected chi connectivity index (χ4v) is 3.28. The summed E-state index contributed by atoms with van der Waals surface area (Å²) in [7, 11) is 0. The zero-order valence-corrected chi connectivity index (χ0v) is 11.8. The number of piperidine rings is 1. The molecule has 0 bridgehead atoms. The fraction of sp³-hybridized carbons (Fsp3) is 0.667. The number of halogens is 1. The van der Waals surface area contributed by atoms with Crippen molar-refractivity contribution in [2.45, 2.75) is 25.3 Å². The third kappa shape index (κ3) is 2.43. The van der Waals surface area contributed by atoms with Crippen LogP contribution in [-0.4, -0.2) is 52.0 Å². The molecule has 0 saturated carbocycles. The van der Waals surface area contributed by atoms with Gasteiger partial charge in [0.05, 0.1) is 4.92 Å². The topological polar surface area (TPSA) is 75.4 Å². The molecule has 0 amide bonds. The molecule has 8 heteroatoms. The highest BCUT2D eigenvalue weighted by Gasteiger charge is 2.33. The van der Waals surface area contributed by atoms with Gasteiger partial charge in [-0.1, -0.05) is 18.0 Å². The Labute approximate surface area is 121 Å². The quantitative estimate of drug-likeness (QED) is 0.470. The molecule has 0 aliphatic carbocycles. The predicted molar refractivity (Wildman–Crippen MR) is 75.1 cm³/mol. The van der Waals surface area contributed by atoms with Crippen molar-refractivity contribution in [2.24, 2.45) is 0 Å². The number of hydrogen-bond acceptors (Lipinski definition) is 6. The number of fused-ring (bicyclic) bond motifs is 1. The van der Waals surface area contributed by atoms with Gasteiger partial charge < -0.3 is 4.90 Å². The van der Waals surface area contributed by atoms with Crippen LogP contribution >= 0.6 is 11.6 Å². The zero-order chi connectivity index (χ0) is 14.1. The van der Waals surface area contributed by atoms with E-state index in [1.807, 2.05) is 4.90 Å². The molecule has 2 fully saturated rings. The van der Waals surface area contributed by atoms with Gasteiger partial charge in [-0.05, 0) is 19.4 Å². The largest absolute Gasteiger partial charge is 0.348 e. The third-order valence-corrected chi connectivity index (χ3v) is 4.35. The maximum absolute atomic E-state index is 11.2. The summed E-state index contributed by atoms with van der Waals surface area (Å²) in [5.41, 5.74) is -0.182. The van der Waals surface area contributed by atoms with Crippen LogP contribution < -0.4 is 4.90 Å². The van der Waals surface area contributed by atoms with Crippen molar-refractivity contribution in [2.75, 3.05) is 31.1 Å². The Bertz CT molecular complexity index is 527. The van der Waals surface area contributed by atoms with E-state index in [0.717, 1.165) is 32.6 Å². The number of hydrogen-bond donors (Lipinski definition) is 0. The van der Waals surface area contributed by atoms with Crippen molar-refractivity contribution in [3.63, 3.8) is 0 Å². The zero-order valence-electron chi connectivity index (χ0n) is 11.0. The van der Waals surface area contributed by atoms with Crippen LogP contribution in [0.1, 0.15) is 19.3 Å². The number of nitro groups is 1. The van der Waals surface area contributed by atoms with E-state index >= 15 is 0 Å². The summed E-state index contributed by atoms with van der Waals surface area (Å²) in [6, 6.07) is 0.464. The minimum Gasteiger partial charge on any atom is -0.348 e. The first-order valence-electron chi connectivity index (χ1n) is 6.80. The maximum atomic E-state index is 11.2. The summed E-state index contributed by atoms with van der Waals surface area (Å²) in [6.07, 6.45) is 4.90. The molecule has 1 unspecified atom stereocenters. The molecule has 20 heavy (non-hydrogen) atoms. The molecular formula is C12H16ClN5O2. The van der Waals surface area contributed by atoms with Crippen LogP contribution in [0.3, 0.4) is 0 Å². The Morgan fingerprint density at radius 3 is 2.95 bits per heavy atom. The van der Waals surface area contributed by atoms with E-state index in [9.17, 15) is 10.1 Å². The summed E-state index contributed by atoms with van der Waals surface area (Å²) < 4.78 is 0. The Balaban J connectivity index is 1.86. The van der Waals surface area contributed by atoms with Crippen molar-refractivity contribution < 1.29 is 4.92 Å². The van der Waals surface area contributed by atoms with Crippen molar-refractivity contribution in [3.8, 4) is 0 Å². The Morgan fingerprint density at radius 2 is 2.15 bits per heavy atom. The van der Waals surface area contributed by atoms with Gasteiger partial charge in [0.25, 0.3) is 0 Å². The lowest BCUT2D eigenvalue weighted by atomic mass is 9.99.